The van der Waals surface area contributed by atoms with Crippen LogP contribution in [0.25, 0.3) is 10.9 Å². The lowest BCUT2D eigenvalue weighted by atomic mass is 10.1. The van der Waals surface area contributed by atoms with Crippen LogP contribution in [-0.2, 0) is 0 Å². The topological polar surface area (TPSA) is 72.8 Å². The van der Waals surface area contributed by atoms with Crippen LogP contribution in [0.15, 0.2) is 24.4 Å². The van der Waals surface area contributed by atoms with E-state index in [0.717, 1.165) is 54.3 Å². The molecule has 1 aliphatic heterocycles. The standard InChI is InChI=1S/C23H28ClN5O3/c1-5-31-18-14-16-20(22(30-4)21(18)32-6-2)17(7-8-25-16)28-9-11-29(12-10-28)19-13-15(3)26-23(24)27-19/h7-8,13-14H,5-6,9-12H2,1-4H3. The van der Waals surface area contributed by atoms with Gasteiger partial charge in [0.25, 0.3) is 0 Å². The molecule has 1 aromatic carbocycles. The van der Waals surface area contributed by atoms with Crippen molar-refractivity contribution in [2.75, 3.05) is 56.3 Å². The van der Waals surface area contributed by atoms with E-state index in [1.807, 2.05) is 45.2 Å². The molecule has 0 unspecified atom stereocenters. The van der Waals surface area contributed by atoms with Crippen molar-refractivity contribution in [3.63, 3.8) is 0 Å². The molecular weight excluding hydrogens is 430 g/mol. The third kappa shape index (κ3) is 4.32. The van der Waals surface area contributed by atoms with Gasteiger partial charge in [0, 0.05) is 50.2 Å². The number of pyridine rings is 1. The van der Waals surface area contributed by atoms with Gasteiger partial charge >= 0.3 is 0 Å². The monoisotopic (exact) mass is 457 g/mol. The smallest absolute Gasteiger partial charge is 0.224 e. The van der Waals surface area contributed by atoms with Gasteiger partial charge in [-0.15, -0.1) is 0 Å². The van der Waals surface area contributed by atoms with Gasteiger partial charge in [-0.25, -0.2) is 9.97 Å². The summed E-state index contributed by atoms with van der Waals surface area (Å²) < 4.78 is 17.6. The molecular formula is C23H28ClN5O3. The minimum Gasteiger partial charge on any atom is -0.492 e. The molecule has 1 aliphatic rings. The van der Waals surface area contributed by atoms with E-state index < -0.39 is 0 Å². The number of aromatic nitrogens is 3. The van der Waals surface area contributed by atoms with Gasteiger partial charge in [-0.2, -0.15) is 0 Å². The number of halogens is 1. The molecule has 0 saturated carbocycles. The molecule has 0 radical (unpaired) electrons. The van der Waals surface area contributed by atoms with Crippen molar-refractivity contribution >= 4 is 34.0 Å². The molecule has 0 bridgehead atoms. The summed E-state index contributed by atoms with van der Waals surface area (Å²) in [5.74, 6) is 2.77. The first-order chi connectivity index (χ1) is 15.5. The van der Waals surface area contributed by atoms with Crippen LogP contribution in [0.3, 0.4) is 0 Å². The Kier molecular flexibility index (Phi) is 6.69. The summed E-state index contributed by atoms with van der Waals surface area (Å²) in [6.07, 6.45) is 1.83. The Balaban J connectivity index is 1.68. The summed E-state index contributed by atoms with van der Waals surface area (Å²) in [5.41, 5.74) is 2.74. The third-order valence-electron chi connectivity index (χ3n) is 5.43. The number of hydrogen-bond donors (Lipinski definition) is 0. The zero-order chi connectivity index (χ0) is 22.7. The van der Waals surface area contributed by atoms with Crippen LogP contribution in [0.1, 0.15) is 19.5 Å². The maximum absolute atomic E-state index is 6.07. The first-order valence-electron chi connectivity index (χ1n) is 10.8. The van der Waals surface area contributed by atoms with E-state index in [0.29, 0.717) is 30.5 Å². The minimum atomic E-state index is 0.279. The molecule has 9 heteroatoms. The zero-order valence-corrected chi connectivity index (χ0v) is 19.6. The van der Waals surface area contributed by atoms with E-state index in [2.05, 4.69) is 24.8 Å². The quantitative estimate of drug-likeness (QED) is 0.490. The minimum absolute atomic E-state index is 0.279. The fourth-order valence-electron chi connectivity index (χ4n) is 4.08. The molecule has 0 amide bonds. The lowest BCUT2D eigenvalue weighted by Gasteiger charge is -2.37. The van der Waals surface area contributed by atoms with Gasteiger partial charge in [0.15, 0.2) is 11.5 Å². The van der Waals surface area contributed by atoms with Crippen LogP contribution in [0.2, 0.25) is 5.28 Å². The first-order valence-corrected chi connectivity index (χ1v) is 11.2. The van der Waals surface area contributed by atoms with Crippen LogP contribution < -0.4 is 24.0 Å². The normalized spacial score (nSPS) is 14.0. The maximum Gasteiger partial charge on any atom is 0.224 e. The van der Waals surface area contributed by atoms with E-state index in [-0.39, 0.29) is 5.28 Å². The number of aryl methyl sites for hydroxylation is 1. The SMILES string of the molecule is CCOc1cc2nccc(N3CCN(c4cc(C)nc(Cl)n4)CC3)c2c(OC)c1OCC. The van der Waals surface area contributed by atoms with E-state index in [1.165, 1.54) is 0 Å². The van der Waals surface area contributed by atoms with E-state index in [4.69, 9.17) is 25.8 Å². The molecule has 0 spiro atoms. The van der Waals surface area contributed by atoms with Gasteiger partial charge in [-0.3, -0.25) is 4.98 Å². The van der Waals surface area contributed by atoms with Crippen LogP contribution in [0, 0.1) is 6.92 Å². The number of rotatable bonds is 7. The van der Waals surface area contributed by atoms with Crippen LogP contribution in [0.4, 0.5) is 11.5 Å². The zero-order valence-electron chi connectivity index (χ0n) is 18.9. The molecule has 1 saturated heterocycles. The Morgan fingerprint density at radius 1 is 0.969 bits per heavy atom. The Morgan fingerprint density at radius 3 is 2.34 bits per heavy atom. The predicted octanol–water partition coefficient (Wildman–Crippen LogP) is 4.12. The number of fused-ring (bicyclic) bond motifs is 1. The van der Waals surface area contributed by atoms with Gasteiger partial charge < -0.3 is 24.0 Å². The van der Waals surface area contributed by atoms with Gasteiger partial charge in [-0.1, -0.05) is 0 Å². The lowest BCUT2D eigenvalue weighted by Crippen LogP contribution is -2.47. The first kappa shape index (κ1) is 22.2. The second kappa shape index (κ2) is 9.65. The van der Waals surface area contributed by atoms with Crippen molar-refractivity contribution in [3.05, 3.63) is 35.4 Å². The second-order valence-electron chi connectivity index (χ2n) is 7.44. The third-order valence-corrected chi connectivity index (χ3v) is 5.60. The Bertz CT molecular complexity index is 1080. The number of hydrogen-bond acceptors (Lipinski definition) is 8. The number of methoxy groups -OCH3 is 1. The van der Waals surface area contributed by atoms with E-state index in [9.17, 15) is 0 Å². The Morgan fingerprint density at radius 2 is 1.69 bits per heavy atom. The summed E-state index contributed by atoms with van der Waals surface area (Å²) in [4.78, 5) is 17.7. The molecule has 3 aromatic rings. The number of nitrogens with zero attached hydrogens (tertiary/aromatic N) is 5. The van der Waals surface area contributed by atoms with Crippen LogP contribution >= 0.6 is 11.6 Å². The molecule has 0 atom stereocenters. The largest absolute Gasteiger partial charge is 0.492 e. The summed E-state index contributed by atoms with van der Waals surface area (Å²) in [6, 6.07) is 5.93. The summed E-state index contributed by atoms with van der Waals surface area (Å²) in [5, 5.41) is 1.21. The summed E-state index contributed by atoms with van der Waals surface area (Å²) in [7, 11) is 1.66. The number of piperazine rings is 1. The van der Waals surface area contributed by atoms with Crippen LogP contribution in [0.5, 0.6) is 17.2 Å². The number of ether oxygens (including phenoxy) is 3. The molecule has 8 nitrogen and oxygen atoms in total. The highest BCUT2D eigenvalue weighted by atomic mass is 35.5. The average molecular weight is 458 g/mol. The van der Waals surface area contributed by atoms with Crippen molar-refractivity contribution in [3.8, 4) is 17.2 Å². The molecule has 32 heavy (non-hydrogen) atoms. The molecule has 3 heterocycles. The van der Waals surface area contributed by atoms with Crippen molar-refractivity contribution in [1.29, 1.82) is 0 Å². The maximum atomic E-state index is 6.07. The highest BCUT2D eigenvalue weighted by molar-refractivity contribution is 6.28. The highest BCUT2D eigenvalue weighted by Gasteiger charge is 2.25. The molecule has 4 rings (SSSR count). The highest BCUT2D eigenvalue weighted by Crippen LogP contribution is 2.46. The van der Waals surface area contributed by atoms with Crippen LogP contribution in [-0.4, -0.2) is 61.5 Å². The number of benzene rings is 1. The summed E-state index contributed by atoms with van der Waals surface area (Å²) in [6.45, 7) is 10.1. The molecule has 170 valence electrons. The molecule has 0 aliphatic carbocycles. The number of anilines is 2. The fraction of sp³-hybridized carbons (Fsp3) is 0.435. The molecule has 1 fully saturated rings. The Hall–Kier alpha value is -3.00. The molecule has 0 N–H and O–H groups in total. The van der Waals surface area contributed by atoms with Gasteiger partial charge in [-0.05, 0) is 38.4 Å². The van der Waals surface area contributed by atoms with E-state index in [1.54, 1.807) is 7.11 Å². The van der Waals surface area contributed by atoms with E-state index >= 15 is 0 Å². The van der Waals surface area contributed by atoms with Gasteiger partial charge in [0.2, 0.25) is 11.0 Å². The van der Waals surface area contributed by atoms with Gasteiger partial charge in [0.1, 0.15) is 5.82 Å². The second-order valence-corrected chi connectivity index (χ2v) is 7.78. The van der Waals surface area contributed by atoms with Gasteiger partial charge in [0.05, 0.1) is 36.9 Å². The fourth-order valence-corrected chi connectivity index (χ4v) is 4.30. The van der Waals surface area contributed by atoms with Crippen molar-refractivity contribution in [2.24, 2.45) is 0 Å². The average Bonchev–Trinajstić information content (AvgIpc) is 2.79. The lowest BCUT2D eigenvalue weighted by molar-refractivity contribution is 0.273. The summed E-state index contributed by atoms with van der Waals surface area (Å²) >= 11 is 6.07. The predicted molar refractivity (Wildman–Crippen MR) is 127 cm³/mol. The van der Waals surface area contributed by atoms with Crippen molar-refractivity contribution in [2.45, 2.75) is 20.8 Å². The Labute approximate surface area is 193 Å². The molecule has 2 aromatic heterocycles. The van der Waals surface area contributed by atoms with Crippen molar-refractivity contribution in [1.82, 2.24) is 15.0 Å². The van der Waals surface area contributed by atoms with Crippen molar-refractivity contribution < 1.29 is 14.2 Å².